The Labute approximate surface area is 118 Å². The molecule has 106 valence electrons. The molecule has 2 aliphatic rings. The Hall–Kier alpha value is 0.250. The molecule has 2 bridgehead atoms. The average molecular weight is 273 g/mol. The summed E-state index contributed by atoms with van der Waals surface area (Å²) < 4.78 is 6.29. The van der Waals surface area contributed by atoms with Crippen LogP contribution in [0.3, 0.4) is 0 Å². The van der Waals surface area contributed by atoms with Crippen LogP contribution in [0.1, 0.15) is 66.7 Å². The molecule has 2 saturated carbocycles. The first-order valence-electron chi connectivity index (χ1n) is 7.66. The molecule has 0 spiro atoms. The Morgan fingerprint density at radius 1 is 1.22 bits per heavy atom. The molecule has 4 unspecified atom stereocenters. The molecule has 0 aliphatic heterocycles. The van der Waals surface area contributed by atoms with Gasteiger partial charge in [0.05, 0.1) is 6.10 Å². The second kappa shape index (κ2) is 4.98. The first-order chi connectivity index (χ1) is 8.36. The lowest BCUT2D eigenvalue weighted by Crippen LogP contribution is -2.39. The third kappa shape index (κ3) is 2.02. The molecule has 2 fully saturated rings. The lowest BCUT2D eigenvalue weighted by Gasteiger charge is -2.40. The van der Waals surface area contributed by atoms with Crippen molar-refractivity contribution in [3.63, 3.8) is 0 Å². The van der Waals surface area contributed by atoms with E-state index in [1.807, 2.05) is 0 Å². The first kappa shape index (κ1) is 14.7. The van der Waals surface area contributed by atoms with Gasteiger partial charge in [-0.3, -0.25) is 0 Å². The van der Waals surface area contributed by atoms with Crippen molar-refractivity contribution in [1.82, 2.24) is 0 Å². The SMILES string of the molecule is CCC(CC)C(Cl)OC1CC2CCC1(C)C2(C)C. The summed E-state index contributed by atoms with van der Waals surface area (Å²) in [6, 6.07) is 0. The summed E-state index contributed by atoms with van der Waals surface area (Å²) in [6.45, 7) is 11.7. The van der Waals surface area contributed by atoms with Crippen LogP contribution in [0.5, 0.6) is 0 Å². The van der Waals surface area contributed by atoms with Crippen LogP contribution < -0.4 is 0 Å². The first-order valence-corrected chi connectivity index (χ1v) is 8.10. The fourth-order valence-corrected chi connectivity index (χ4v) is 4.74. The largest absolute Gasteiger partial charge is 0.358 e. The van der Waals surface area contributed by atoms with Crippen molar-refractivity contribution in [3.8, 4) is 0 Å². The lowest BCUT2D eigenvalue weighted by atomic mass is 9.70. The highest BCUT2D eigenvalue weighted by molar-refractivity contribution is 6.19. The van der Waals surface area contributed by atoms with Gasteiger partial charge in [0.1, 0.15) is 5.56 Å². The zero-order valence-corrected chi connectivity index (χ0v) is 13.4. The summed E-state index contributed by atoms with van der Waals surface area (Å²) in [5.74, 6) is 1.33. The van der Waals surface area contributed by atoms with E-state index in [4.69, 9.17) is 16.3 Å². The molecular formula is C16H29ClO. The standard InChI is InChI=1S/C16H29ClO/c1-6-11(7-2)14(17)18-13-10-12-8-9-16(13,5)15(12,3)4/h11-14H,6-10H2,1-5H3. The number of hydrogen-bond acceptors (Lipinski definition) is 1. The fraction of sp³-hybridized carbons (Fsp3) is 1.00. The Bertz CT molecular complexity index is 297. The van der Waals surface area contributed by atoms with E-state index in [1.165, 1.54) is 19.3 Å². The monoisotopic (exact) mass is 272 g/mol. The highest BCUT2D eigenvalue weighted by Crippen LogP contribution is 2.66. The summed E-state index contributed by atoms with van der Waals surface area (Å²) >= 11 is 6.50. The number of rotatable bonds is 5. The molecule has 0 amide bonds. The van der Waals surface area contributed by atoms with Crippen molar-refractivity contribution in [2.24, 2.45) is 22.7 Å². The van der Waals surface area contributed by atoms with E-state index in [0.717, 1.165) is 18.8 Å². The van der Waals surface area contributed by atoms with Gasteiger partial charge in [0.2, 0.25) is 0 Å². The van der Waals surface area contributed by atoms with E-state index in [9.17, 15) is 0 Å². The van der Waals surface area contributed by atoms with Gasteiger partial charge in [0.25, 0.3) is 0 Å². The Kier molecular flexibility index (Phi) is 4.05. The number of halogens is 1. The van der Waals surface area contributed by atoms with Crippen molar-refractivity contribution < 1.29 is 4.74 Å². The van der Waals surface area contributed by atoms with Crippen molar-refractivity contribution in [2.45, 2.75) is 78.4 Å². The third-order valence-corrected chi connectivity index (χ3v) is 6.89. The van der Waals surface area contributed by atoms with Gasteiger partial charge < -0.3 is 4.74 Å². The van der Waals surface area contributed by atoms with Gasteiger partial charge in [-0.05, 0) is 54.8 Å². The number of alkyl halides is 1. The summed E-state index contributed by atoms with van der Waals surface area (Å²) in [5.41, 5.74) is 0.649. The van der Waals surface area contributed by atoms with Gasteiger partial charge >= 0.3 is 0 Å². The maximum Gasteiger partial charge on any atom is 0.134 e. The predicted molar refractivity (Wildman–Crippen MR) is 77.8 cm³/mol. The van der Waals surface area contributed by atoms with Crippen LogP contribution in [0.4, 0.5) is 0 Å². The molecule has 0 saturated heterocycles. The van der Waals surface area contributed by atoms with Gasteiger partial charge in [-0.1, -0.05) is 46.2 Å². The quantitative estimate of drug-likeness (QED) is 0.624. The minimum atomic E-state index is -0.100. The van der Waals surface area contributed by atoms with Crippen molar-refractivity contribution in [2.75, 3.05) is 0 Å². The molecule has 0 radical (unpaired) electrons. The van der Waals surface area contributed by atoms with Crippen LogP contribution in [0.25, 0.3) is 0 Å². The maximum absolute atomic E-state index is 6.50. The van der Waals surface area contributed by atoms with Crippen LogP contribution in [0.15, 0.2) is 0 Å². The predicted octanol–water partition coefficient (Wildman–Crippen LogP) is 5.22. The maximum atomic E-state index is 6.50. The lowest BCUT2D eigenvalue weighted by molar-refractivity contribution is -0.0759. The molecular weight excluding hydrogens is 244 g/mol. The van der Waals surface area contributed by atoms with E-state index in [0.29, 0.717) is 22.9 Å². The Morgan fingerprint density at radius 2 is 1.83 bits per heavy atom. The number of ether oxygens (including phenoxy) is 1. The van der Waals surface area contributed by atoms with Gasteiger partial charge in [0.15, 0.2) is 0 Å². The van der Waals surface area contributed by atoms with Gasteiger partial charge in [-0.2, -0.15) is 0 Å². The molecule has 0 aromatic carbocycles. The topological polar surface area (TPSA) is 9.23 Å². The summed E-state index contributed by atoms with van der Waals surface area (Å²) in [6.07, 6.45) is 6.49. The summed E-state index contributed by atoms with van der Waals surface area (Å²) in [7, 11) is 0. The normalized spacial score (nSPS) is 39.5. The van der Waals surface area contributed by atoms with Crippen molar-refractivity contribution >= 4 is 11.6 Å². The molecule has 2 rings (SSSR count). The third-order valence-electron chi connectivity index (χ3n) is 6.43. The average Bonchev–Trinajstić information content (AvgIpc) is 2.63. The van der Waals surface area contributed by atoms with Gasteiger partial charge in [0, 0.05) is 0 Å². The second-order valence-electron chi connectivity index (χ2n) is 7.16. The van der Waals surface area contributed by atoms with Crippen molar-refractivity contribution in [1.29, 1.82) is 0 Å². The molecule has 0 heterocycles. The number of hydrogen-bond donors (Lipinski definition) is 0. The molecule has 18 heavy (non-hydrogen) atoms. The van der Waals surface area contributed by atoms with Crippen molar-refractivity contribution in [3.05, 3.63) is 0 Å². The molecule has 0 N–H and O–H groups in total. The smallest absolute Gasteiger partial charge is 0.134 e. The molecule has 0 aromatic rings. The van der Waals surface area contributed by atoms with E-state index < -0.39 is 0 Å². The molecule has 0 aromatic heterocycles. The second-order valence-corrected chi connectivity index (χ2v) is 7.59. The number of fused-ring (bicyclic) bond motifs is 2. The van der Waals surface area contributed by atoms with Crippen LogP contribution in [-0.4, -0.2) is 11.7 Å². The Morgan fingerprint density at radius 3 is 2.22 bits per heavy atom. The van der Waals surface area contributed by atoms with Crippen LogP contribution in [-0.2, 0) is 4.74 Å². The van der Waals surface area contributed by atoms with Crippen LogP contribution >= 0.6 is 11.6 Å². The molecule has 4 atom stereocenters. The Balaban J connectivity index is 2.04. The van der Waals surface area contributed by atoms with E-state index in [2.05, 4.69) is 34.6 Å². The van der Waals surface area contributed by atoms with E-state index in [1.54, 1.807) is 0 Å². The molecule has 1 nitrogen and oxygen atoms in total. The zero-order valence-electron chi connectivity index (χ0n) is 12.6. The van der Waals surface area contributed by atoms with Crippen LogP contribution in [0.2, 0.25) is 0 Å². The van der Waals surface area contributed by atoms with Crippen LogP contribution in [0, 0.1) is 22.7 Å². The zero-order chi connectivity index (χ0) is 13.6. The van der Waals surface area contributed by atoms with Gasteiger partial charge in [-0.25, -0.2) is 0 Å². The highest BCUT2D eigenvalue weighted by atomic mass is 35.5. The highest BCUT2D eigenvalue weighted by Gasteiger charge is 2.62. The molecule has 2 heteroatoms. The van der Waals surface area contributed by atoms with Gasteiger partial charge in [-0.15, -0.1) is 0 Å². The summed E-state index contributed by atoms with van der Waals surface area (Å²) in [5, 5.41) is 0. The van der Waals surface area contributed by atoms with E-state index in [-0.39, 0.29) is 5.56 Å². The minimum absolute atomic E-state index is 0.100. The summed E-state index contributed by atoms with van der Waals surface area (Å²) in [4.78, 5) is 0. The minimum Gasteiger partial charge on any atom is -0.358 e. The fourth-order valence-electron chi connectivity index (χ4n) is 4.26. The van der Waals surface area contributed by atoms with E-state index >= 15 is 0 Å². The molecule has 2 aliphatic carbocycles.